The zero-order valence-corrected chi connectivity index (χ0v) is 6.47. The molecular formula is C7H7F3N2O. The first-order valence-corrected chi connectivity index (χ1v) is 3.40. The minimum atomic E-state index is -3.03. The predicted octanol–water partition coefficient (Wildman–Crippen LogP) is 1.23. The number of nitrogens with zero attached hydrogens (tertiary/aromatic N) is 1. The van der Waals surface area contributed by atoms with E-state index in [4.69, 9.17) is 10.8 Å². The molecule has 3 N–H and O–H groups in total. The number of aliphatic hydroxyl groups excluding tert-OH is 1. The zero-order chi connectivity index (χ0) is 10.0. The van der Waals surface area contributed by atoms with E-state index in [1.54, 1.807) is 0 Å². The van der Waals surface area contributed by atoms with Crippen LogP contribution in [0.3, 0.4) is 0 Å². The Morgan fingerprint density at radius 2 is 2.15 bits per heavy atom. The van der Waals surface area contributed by atoms with E-state index in [-0.39, 0.29) is 11.4 Å². The Bertz CT molecular complexity index is 317. The number of hydrogen-bond acceptors (Lipinski definition) is 3. The fourth-order valence-electron chi connectivity index (χ4n) is 0.886. The molecule has 1 heterocycles. The molecule has 0 spiro atoms. The highest BCUT2D eigenvalue weighted by Crippen LogP contribution is 2.23. The van der Waals surface area contributed by atoms with Gasteiger partial charge in [0, 0.05) is 5.56 Å². The quantitative estimate of drug-likeness (QED) is 0.740. The molecule has 1 aromatic rings. The second kappa shape index (κ2) is 3.61. The molecule has 1 aromatic heterocycles. The van der Waals surface area contributed by atoms with Gasteiger partial charge in [-0.05, 0) is 6.07 Å². The van der Waals surface area contributed by atoms with E-state index in [0.29, 0.717) is 0 Å². The number of nitrogen functional groups attached to an aromatic ring is 1. The van der Waals surface area contributed by atoms with E-state index in [0.717, 1.165) is 6.07 Å². The van der Waals surface area contributed by atoms with Crippen LogP contribution in [0.2, 0.25) is 0 Å². The van der Waals surface area contributed by atoms with Gasteiger partial charge in [-0.25, -0.2) is 18.2 Å². The van der Waals surface area contributed by atoms with E-state index in [1.807, 2.05) is 0 Å². The molecule has 3 nitrogen and oxygen atoms in total. The van der Waals surface area contributed by atoms with Crippen LogP contribution in [0.1, 0.15) is 17.7 Å². The van der Waals surface area contributed by atoms with E-state index in [9.17, 15) is 13.2 Å². The Morgan fingerprint density at radius 1 is 1.54 bits per heavy atom. The SMILES string of the molecule is Nc1cc(CO)c(F)c(C(F)F)n1. The van der Waals surface area contributed by atoms with Gasteiger partial charge in [-0.3, -0.25) is 0 Å². The van der Waals surface area contributed by atoms with Crippen molar-refractivity contribution in [2.24, 2.45) is 0 Å². The van der Waals surface area contributed by atoms with Crippen LogP contribution in [0, 0.1) is 5.82 Å². The van der Waals surface area contributed by atoms with Crippen LogP contribution in [0.25, 0.3) is 0 Å². The molecule has 0 radical (unpaired) electrons. The smallest absolute Gasteiger partial charge is 0.283 e. The summed E-state index contributed by atoms with van der Waals surface area (Å²) in [5, 5.41) is 8.58. The van der Waals surface area contributed by atoms with Crippen molar-refractivity contribution in [1.82, 2.24) is 4.98 Å². The molecule has 0 unspecified atom stereocenters. The molecule has 0 fully saturated rings. The summed E-state index contributed by atoms with van der Waals surface area (Å²) in [6, 6.07) is 1.02. The van der Waals surface area contributed by atoms with Gasteiger partial charge in [0.25, 0.3) is 6.43 Å². The third-order valence-electron chi connectivity index (χ3n) is 1.46. The lowest BCUT2D eigenvalue weighted by molar-refractivity contribution is 0.140. The Balaban J connectivity index is 3.27. The lowest BCUT2D eigenvalue weighted by Crippen LogP contribution is -2.04. The van der Waals surface area contributed by atoms with Gasteiger partial charge < -0.3 is 10.8 Å². The molecule has 0 aliphatic rings. The van der Waals surface area contributed by atoms with Gasteiger partial charge in [0.05, 0.1) is 6.61 Å². The summed E-state index contributed by atoms with van der Waals surface area (Å²) < 4.78 is 37.1. The third-order valence-corrected chi connectivity index (χ3v) is 1.46. The maximum atomic E-state index is 12.9. The molecule has 1 rings (SSSR count). The molecule has 0 bridgehead atoms. The number of nitrogens with two attached hydrogens (primary N) is 1. The first kappa shape index (κ1) is 9.79. The monoisotopic (exact) mass is 192 g/mol. The fourth-order valence-corrected chi connectivity index (χ4v) is 0.886. The van der Waals surface area contributed by atoms with Crippen LogP contribution < -0.4 is 5.73 Å². The average molecular weight is 192 g/mol. The highest BCUT2D eigenvalue weighted by molar-refractivity contribution is 5.36. The van der Waals surface area contributed by atoms with Crippen LogP contribution in [0.15, 0.2) is 6.07 Å². The van der Waals surface area contributed by atoms with Gasteiger partial charge in [-0.1, -0.05) is 0 Å². The summed E-state index contributed by atoms with van der Waals surface area (Å²) in [7, 11) is 0. The lowest BCUT2D eigenvalue weighted by Gasteiger charge is -2.05. The third kappa shape index (κ3) is 1.89. The minimum absolute atomic E-state index is 0.235. The van der Waals surface area contributed by atoms with E-state index in [2.05, 4.69) is 4.98 Å². The summed E-state index contributed by atoms with van der Waals surface area (Å²) >= 11 is 0. The van der Waals surface area contributed by atoms with Crippen LogP contribution in [0.5, 0.6) is 0 Å². The topological polar surface area (TPSA) is 59.1 Å². The van der Waals surface area contributed by atoms with Crippen LogP contribution in [0.4, 0.5) is 19.0 Å². The number of hydrogen-bond donors (Lipinski definition) is 2. The van der Waals surface area contributed by atoms with Crippen molar-refractivity contribution in [3.63, 3.8) is 0 Å². The Morgan fingerprint density at radius 3 is 2.62 bits per heavy atom. The number of halogens is 3. The van der Waals surface area contributed by atoms with E-state index in [1.165, 1.54) is 0 Å². The summed E-state index contributed by atoms with van der Waals surface area (Å²) in [6.45, 7) is -0.682. The van der Waals surface area contributed by atoms with E-state index < -0.39 is 24.5 Å². The second-order valence-electron chi connectivity index (χ2n) is 2.36. The highest BCUT2D eigenvalue weighted by Gasteiger charge is 2.18. The first-order chi connectivity index (χ1) is 6.06. The highest BCUT2D eigenvalue weighted by atomic mass is 19.3. The van der Waals surface area contributed by atoms with E-state index >= 15 is 0 Å². The molecule has 6 heteroatoms. The molecule has 0 saturated carbocycles. The molecule has 0 atom stereocenters. The van der Waals surface area contributed by atoms with Crippen molar-refractivity contribution < 1.29 is 18.3 Å². The van der Waals surface area contributed by atoms with Crippen molar-refractivity contribution in [1.29, 1.82) is 0 Å². The molecule has 0 aliphatic carbocycles. The van der Waals surface area contributed by atoms with Crippen molar-refractivity contribution in [3.8, 4) is 0 Å². The summed E-state index contributed by atoms with van der Waals surface area (Å²) in [5.41, 5.74) is 3.82. The molecule has 0 aromatic carbocycles. The van der Waals surface area contributed by atoms with Gasteiger partial charge in [0.15, 0.2) is 5.82 Å². The number of pyridine rings is 1. The zero-order valence-electron chi connectivity index (χ0n) is 6.47. The Labute approximate surface area is 72.0 Å². The van der Waals surface area contributed by atoms with Gasteiger partial charge in [-0.2, -0.15) is 0 Å². The maximum Gasteiger partial charge on any atom is 0.283 e. The van der Waals surface area contributed by atoms with Crippen LogP contribution in [-0.4, -0.2) is 10.1 Å². The van der Waals surface area contributed by atoms with Crippen LogP contribution in [-0.2, 0) is 6.61 Å². The predicted molar refractivity (Wildman–Crippen MR) is 39.5 cm³/mol. The summed E-state index contributed by atoms with van der Waals surface area (Å²) in [4.78, 5) is 3.12. The molecule has 72 valence electrons. The average Bonchev–Trinajstić information content (AvgIpc) is 2.08. The number of anilines is 1. The summed E-state index contributed by atoms with van der Waals surface area (Å²) in [6.07, 6.45) is -3.03. The molecule has 0 amide bonds. The molecule has 0 saturated heterocycles. The molecular weight excluding hydrogens is 185 g/mol. The van der Waals surface area contributed by atoms with Gasteiger partial charge in [-0.15, -0.1) is 0 Å². The first-order valence-electron chi connectivity index (χ1n) is 3.40. The molecule has 0 aliphatic heterocycles. The number of aliphatic hydroxyl groups is 1. The minimum Gasteiger partial charge on any atom is -0.392 e. The van der Waals surface area contributed by atoms with Crippen molar-refractivity contribution >= 4 is 5.82 Å². The number of rotatable bonds is 2. The van der Waals surface area contributed by atoms with Crippen molar-refractivity contribution in [2.45, 2.75) is 13.0 Å². The molecule has 13 heavy (non-hydrogen) atoms. The van der Waals surface area contributed by atoms with Crippen molar-refractivity contribution in [2.75, 3.05) is 5.73 Å². The van der Waals surface area contributed by atoms with Gasteiger partial charge >= 0.3 is 0 Å². The van der Waals surface area contributed by atoms with Crippen molar-refractivity contribution in [3.05, 3.63) is 23.1 Å². The standard InChI is InChI=1S/C7H7F3N2O/c8-5-3(2-13)1-4(11)12-6(5)7(9)10/h1,7,13H,2H2,(H2,11,12). The Hall–Kier alpha value is -1.30. The fraction of sp³-hybridized carbons (Fsp3) is 0.286. The van der Waals surface area contributed by atoms with Crippen LogP contribution >= 0.6 is 0 Å². The second-order valence-corrected chi connectivity index (χ2v) is 2.36. The maximum absolute atomic E-state index is 12.9. The van der Waals surface area contributed by atoms with Gasteiger partial charge in [0.2, 0.25) is 0 Å². The number of alkyl halides is 2. The summed E-state index contributed by atoms with van der Waals surface area (Å²) in [5.74, 6) is -1.44. The largest absolute Gasteiger partial charge is 0.392 e. The van der Waals surface area contributed by atoms with Gasteiger partial charge in [0.1, 0.15) is 11.5 Å². The lowest BCUT2D eigenvalue weighted by atomic mass is 10.2. The Kier molecular flexibility index (Phi) is 2.72. The number of aromatic nitrogens is 1. The normalized spacial score (nSPS) is 10.8.